The number of H-pyrrole nitrogens is 1. The summed E-state index contributed by atoms with van der Waals surface area (Å²) in [5, 5.41) is 17.5. The van der Waals surface area contributed by atoms with Gasteiger partial charge in [-0.05, 0) is 24.7 Å². The van der Waals surface area contributed by atoms with Crippen LogP contribution in [0.4, 0.5) is 26.3 Å². The minimum absolute atomic E-state index is 0.0422. The molecule has 1 aliphatic heterocycles. The summed E-state index contributed by atoms with van der Waals surface area (Å²) in [6.07, 6.45) is -9.37. The molecule has 43 heavy (non-hydrogen) atoms. The van der Waals surface area contributed by atoms with E-state index in [1.807, 2.05) is 42.5 Å². The number of carboxylic acids is 2. The highest BCUT2D eigenvalue weighted by molar-refractivity contribution is 5.73. The van der Waals surface area contributed by atoms with Gasteiger partial charge >= 0.3 is 24.3 Å². The monoisotopic (exact) mass is 618 g/mol. The van der Waals surface area contributed by atoms with E-state index in [-0.39, 0.29) is 5.56 Å². The molecule has 0 aliphatic carbocycles. The highest BCUT2D eigenvalue weighted by Gasteiger charge is 2.38. The van der Waals surface area contributed by atoms with E-state index in [4.69, 9.17) is 24.5 Å². The molecule has 10 nitrogen and oxygen atoms in total. The Morgan fingerprint density at radius 3 is 2.05 bits per heavy atom. The lowest BCUT2D eigenvalue weighted by Crippen LogP contribution is -2.31. The molecule has 0 unspecified atom stereocenters. The summed E-state index contributed by atoms with van der Waals surface area (Å²) in [6.45, 7) is 3.77. The summed E-state index contributed by atoms with van der Waals surface area (Å²) in [6, 6.07) is 18.1. The number of ether oxygens (including phenoxy) is 1. The molecule has 4 N–H and O–H groups in total. The van der Waals surface area contributed by atoms with Crippen molar-refractivity contribution in [2.75, 3.05) is 26.7 Å². The van der Waals surface area contributed by atoms with Crippen LogP contribution in [0, 0.1) is 0 Å². The second-order valence-corrected chi connectivity index (χ2v) is 8.97. The zero-order valence-corrected chi connectivity index (χ0v) is 22.6. The number of nitrogens with one attached hydrogen (secondary N) is 2. The number of likely N-dealkylation sites (N-methyl/N-ethyl adjacent to an activating group) is 1. The third-order valence-electron chi connectivity index (χ3n) is 5.59. The predicted molar refractivity (Wildman–Crippen MR) is 141 cm³/mol. The highest BCUT2D eigenvalue weighted by atomic mass is 19.4. The van der Waals surface area contributed by atoms with Crippen LogP contribution in [0.5, 0.6) is 5.75 Å². The van der Waals surface area contributed by atoms with Gasteiger partial charge in [-0.25, -0.2) is 14.6 Å². The number of fused-ring (bicyclic) bond motifs is 1. The van der Waals surface area contributed by atoms with Crippen LogP contribution in [-0.2, 0) is 29.1 Å². The Hall–Kier alpha value is -4.44. The topological polar surface area (TPSA) is 145 Å². The number of carbonyl (C=O) groups is 2. The normalized spacial score (nSPS) is 12.7. The van der Waals surface area contributed by atoms with E-state index in [1.165, 1.54) is 5.56 Å². The maximum Gasteiger partial charge on any atom is 0.490 e. The van der Waals surface area contributed by atoms with Crippen molar-refractivity contribution in [3.8, 4) is 17.1 Å². The number of alkyl halides is 6. The summed E-state index contributed by atoms with van der Waals surface area (Å²) < 4.78 is 69.2. The Morgan fingerprint density at radius 1 is 0.953 bits per heavy atom. The van der Waals surface area contributed by atoms with Gasteiger partial charge in [-0.3, -0.25) is 9.69 Å². The van der Waals surface area contributed by atoms with Crippen LogP contribution in [0.3, 0.4) is 0 Å². The molecule has 0 fully saturated rings. The lowest BCUT2D eigenvalue weighted by atomic mass is 10.1. The van der Waals surface area contributed by atoms with Gasteiger partial charge in [-0.15, -0.1) is 0 Å². The number of hydrogen-bond acceptors (Lipinski definition) is 7. The van der Waals surface area contributed by atoms with Gasteiger partial charge in [0.15, 0.2) is 0 Å². The minimum Gasteiger partial charge on any atom is -0.492 e. The first-order valence-corrected chi connectivity index (χ1v) is 12.5. The van der Waals surface area contributed by atoms with Crippen molar-refractivity contribution < 1.29 is 50.9 Å². The van der Waals surface area contributed by atoms with Gasteiger partial charge in [0.1, 0.15) is 18.2 Å². The van der Waals surface area contributed by atoms with Crippen LogP contribution in [0.25, 0.3) is 11.4 Å². The molecular weight excluding hydrogens is 590 g/mol. The Kier molecular flexibility index (Phi) is 12.7. The van der Waals surface area contributed by atoms with Crippen LogP contribution in [-0.4, -0.2) is 76.1 Å². The molecule has 1 aliphatic rings. The maximum atomic E-state index is 12.3. The van der Waals surface area contributed by atoms with Crippen molar-refractivity contribution >= 4 is 11.9 Å². The van der Waals surface area contributed by atoms with Crippen molar-refractivity contribution in [1.29, 1.82) is 0 Å². The lowest BCUT2D eigenvalue weighted by molar-refractivity contribution is -0.193. The second-order valence-electron chi connectivity index (χ2n) is 8.97. The summed E-state index contributed by atoms with van der Waals surface area (Å²) in [4.78, 5) is 39.9. The Labute approximate surface area is 240 Å². The number of nitrogens with zero attached hydrogens (tertiary/aromatic N) is 2. The van der Waals surface area contributed by atoms with Crippen molar-refractivity contribution in [2.24, 2.45) is 0 Å². The number of halogens is 6. The number of aromatic amines is 1. The standard InChI is InChI=1S/C23H26N4O2.2C2HF3O2/c1-27(13-14-29-19-5-3-2-4-6-19)16-17-7-9-18(10-8-17)22-25-21-11-12-24-15-20(21)23(28)26-22;2*3-2(4,5)1(6)7/h2-10,24H,11-16H2,1H3,(H,25,26,28);2*(H,6,7). The number of aromatic nitrogens is 2. The van der Waals surface area contributed by atoms with Crippen molar-refractivity contribution in [3.05, 3.63) is 81.8 Å². The molecule has 0 radical (unpaired) electrons. The highest BCUT2D eigenvalue weighted by Crippen LogP contribution is 2.18. The molecule has 234 valence electrons. The number of benzene rings is 2. The Bertz CT molecular complexity index is 1370. The first-order valence-electron chi connectivity index (χ1n) is 12.5. The fourth-order valence-electron chi connectivity index (χ4n) is 3.49. The molecule has 1 aromatic heterocycles. The Morgan fingerprint density at radius 2 is 1.51 bits per heavy atom. The van der Waals surface area contributed by atoms with E-state index < -0.39 is 24.3 Å². The van der Waals surface area contributed by atoms with E-state index in [9.17, 15) is 31.1 Å². The van der Waals surface area contributed by atoms with Crippen molar-refractivity contribution in [2.45, 2.75) is 31.9 Å². The summed E-state index contributed by atoms with van der Waals surface area (Å²) in [5.41, 5.74) is 3.77. The first-order chi connectivity index (χ1) is 20.1. The molecule has 3 aromatic rings. The molecule has 0 saturated heterocycles. The maximum absolute atomic E-state index is 12.3. The van der Waals surface area contributed by atoms with E-state index in [0.717, 1.165) is 48.6 Å². The van der Waals surface area contributed by atoms with Gasteiger partial charge in [0, 0.05) is 38.2 Å². The average Bonchev–Trinajstić information content (AvgIpc) is 2.94. The quantitative estimate of drug-likeness (QED) is 0.290. The fraction of sp³-hybridized carbons (Fsp3) is 0.333. The van der Waals surface area contributed by atoms with Gasteiger partial charge in [-0.2, -0.15) is 26.3 Å². The number of carboxylic acid groups (broad SMARTS) is 2. The number of aliphatic carboxylic acids is 2. The van der Waals surface area contributed by atoms with Gasteiger partial charge in [0.25, 0.3) is 5.56 Å². The van der Waals surface area contributed by atoms with E-state index >= 15 is 0 Å². The third-order valence-corrected chi connectivity index (χ3v) is 5.59. The van der Waals surface area contributed by atoms with E-state index in [2.05, 4.69) is 39.4 Å². The SMILES string of the molecule is CN(CCOc1ccccc1)Cc1ccc(-c2nc3c(c(=O)[nH]2)CNCC3)cc1.O=C(O)C(F)(F)F.O=C(O)C(F)(F)F. The molecule has 0 bridgehead atoms. The molecule has 2 heterocycles. The molecule has 16 heteroatoms. The predicted octanol–water partition coefficient (Wildman–Crippen LogP) is 3.86. The molecule has 2 aromatic carbocycles. The molecule has 0 saturated carbocycles. The average molecular weight is 619 g/mol. The molecule has 0 atom stereocenters. The number of para-hydroxylation sites is 1. The first kappa shape index (κ1) is 34.8. The van der Waals surface area contributed by atoms with Crippen LogP contribution >= 0.6 is 0 Å². The Balaban J connectivity index is 0.000000384. The zero-order valence-electron chi connectivity index (χ0n) is 22.6. The van der Waals surface area contributed by atoms with Gasteiger partial charge < -0.3 is 25.3 Å². The van der Waals surface area contributed by atoms with Gasteiger partial charge in [0.2, 0.25) is 0 Å². The van der Waals surface area contributed by atoms with Gasteiger partial charge in [-0.1, -0.05) is 42.5 Å². The van der Waals surface area contributed by atoms with Crippen LogP contribution in [0.15, 0.2) is 59.4 Å². The summed E-state index contributed by atoms with van der Waals surface area (Å²) >= 11 is 0. The summed E-state index contributed by atoms with van der Waals surface area (Å²) in [5.74, 6) is -3.97. The molecule has 0 amide bonds. The van der Waals surface area contributed by atoms with E-state index in [0.29, 0.717) is 19.0 Å². The molecule has 0 spiro atoms. The number of rotatable bonds is 7. The summed E-state index contributed by atoms with van der Waals surface area (Å²) in [7, 11) is 2.08. The van der Waals surface area contributed by atoms with Crippen LogP contribution in [0.1, 0.15) is 16.8 Å². The molecular formula is C27H28F6N4O6. The largest absolute Gasteiger partial charge is 0.492 e. The smallest absolute Gasteiger partial charge is 0.490 e. The second kappa shape index (κ2) is 15.7. The molecule has 4 rings (SSSR count). The van der Waals surface area contributed by atoms with Crippen molar-refractivity contribution in [3.63, 3.8) is 0 Å². The van der Waals surface area contributed by atoms with Crippen LogP contribution in [0.2, 0.25) is 0 Å². The minimum atomic E-state index is -5.08. The van der Waals surface area contributed by atoms with Crippen LogP contribution < -0.4 is 15.6 Å². The van der Waals surface area contributed by atoms with Gasteiger partial charge in [0.05, 0.1) is 11.3 Å². The fourth-order valence-corrected chi connectivity index (χ4v) is 3.49. The zero-order chi connectivity index (χ0) is 32.2. The van der Waals surface area contributed by atoms with Crippen molar-refractivity contribution in [1.82, 2.24) is 20.2 Å². The third kappa shape index (κ3) is 12.1. The van der Waals surface area contributed by atoms with E-state index in [1.54, 1.807) is 0 Å². The lowest BCUT2D eigenvalue weighted by Gasteiger charge is -2.18. The number of hydrogen-bond donors (Lipinski definition) is 4.